The molecular formula is C12H12FN3O. The first kappa shape index (κ1) is 11.3. The van der Waals surface area contributed by atoms with E-state index in [4.69, 9.17) is 4.74 Å². The molecule has 0 aliphatic rings. The molecule has 0 spiro atoms. The zero-order valence-corrected chi connectivity index (χ0v) is 9.35. The Morgan fingerprint density at radius 1 is 1.35 bits per heavy atom. The molecule has 0 saturated carbocycles. The number of rotatable bonds is 4. The van der Waals surface area contributed by atoms with Crippen molar-refractivity contribution >= 4 is 5.69 Å². The molecule has 0 atom stereocenters. The zero-order chi connectivity index (χ0) is 12.1. The van der Waals surface area contributed by atoms with Crippen molar-refractivity contribution in [3.05, 3.63) is 48.3 Å². The van der Waals surface area contributed by atoms with Crippen molar-refractivity contribution in [1.29, 1.82) is 0 Å². The van der Waals surface area contributed by atoms with Crippen molar-refractivity contribution in [3.8, 4) is 5.75 Å². The average Bonchev–Trinajstić information content (AvgIpc) is 2.38. The first-order valence-electron chi connectivity index (χ1n) is 5.12. The number of aromatic nitrogens is 2. The van der Waals surface area contributed by atoms with Crippen molar-refractivity contribution < 1.29 is 9.13 Å². The molecule has 2 rings (SSSR count). The van der Waals surface area contributed by atoms with Gasteiger partial charge in [0.05, 0.1) is 25.0 Å². The Morgan fingerprint density at radius 2 is 2.24 bits per heavy atom. The van der Waals surface area contributed by atoms with Gasteiger partial charge in [-0.3, -0.25) is 0 Å². The third-order valence-corrected chi connectivity index (χ3v) is 2.27. The summed E-state index contributed by atoms with van der Waals surface area (Å²) < 4.78 is 18.0. The van der Waals surface area contributed by atoms with Crippen LogP contribution < -0.4 is 10.1 Å². The summed E-state index contributed by atoms with van der Waals surface area (Å²) in [6.07, 6.45) is 3.16. The maximum Gasteiger partial charge on any atom is 0.144 e. The first-order valence-corrected chi connectivity index (χ1v) is 5.12. The monoisotopic (exact) mass is 233 g/mol. The molecule has 0 aliphatic heterocycles. The van der Waals surface area contributed by atoms with Gasteiger partial charge in [0, 0.05) is 12.3 Å². The smallest absolute Gasteiger partial charge is 0.144 e. The second-order valence-electron chi connectivity index (χ2n) is 3.40. The summed E-state index contributed by atoms with van der Waals surface area (Å²) in [7, 11) is 1.50. The van der Waals surface area contributed by atoms with Crippen LogP contribution in [-0.2, 0) is 6.54 Å². The SMILES string of the molecule is COc1cc(F)ccc1NCc1ccncn1. The quantitative estimate of drug-likeness (QED) is 0.879. The molecular weight excluding hydrogens is 221 g/mol. The van der Waals surface area contributed by atoms with Crippen LogP contribution in [0.5, 0.6) is 5.75 Å². The fraction of sp³-hybridized carbons (Fsp3) is 0.167. The summed E-state index contributed by atoms with van der Waals surface area (Å²) in [6.45, 7) is 0.532. The average molecular weight is 233 g/mol. The van der Waals surface area contributed by atoms with Gasteiger partial charge in [-0.05, 0) is 18.2 Å². The lowest BCUT2D eigenvalue weighted by Gasteiger charge is -2.10. The van der Waals surface area contributed by atoms with Crippen LogP contribution in [0.2, 0.25) is 0 Å². The number of hydrogen-bond acceptors (Lipinski definition) is 4. The van der Waals surface area contributed by atoms with Crippen LogP contribution in [0.25, 0.3) is 0 Å². The van der Waals surface area contributed by atoms with Crippen LogP contribution in [0.3, 0.4) is 0 Å². The topological polar surface area (TPSA) is 47.0 Å². The Balaban J connectivity index is 2.09. The van der Waals surface area contributed by atoms with Crippen molar-refractivity contribution in [3.63, 3.8) is 0 Å². The van der Waals surface area contributed by atoms with E-state index in [1.807, 2.05) is 6.07 Å². The second kappa shape index (κ2) is 5.25. The van der Waals surface area contributed by atoms with Crippen molar-refractivity contribution in [2.45, 2.75) is 6.54 Å². The van der Waals surface area contributed by atoms with Gasteiger partial charge in [-0.25, -0.2) is 14.4 Å². The van der Waals surface area contributed by atoms with Crippen molar-refractivity contribution in [2.75, 3.05) is 12.4 Å². The molecule has 4 nitrogen and oxygen atoms in total. The van der Waals surface area contributed by atoms with Crippen molar-refractivity contribution in [1.82, 2.24) is 9.97 Å². The van der Waals surface area contributed by atoms with Gasteiger partial charge in [-0.2, -0.15) is 0 Å². The number of hydrogen-bond donors (Lipinski definition) is 1. The predicted molar refractivity (Wildman–Crippen MR) is 62.3 cm³/mol. The summed E-state index contributed by atoms with van der Waals surface area (Å²) >= 11 is 0. The lowest BCUT2D eigenvalue weighted by Crippen LogP contribution is -2.03. The molecule has 0 unspecified atom stereocenters. The Morgan fingerprint density at radius 3 is 2.94 bits per heavy atom. The molecule has 1 aromatic carbocycles. The molecule has 1 N–H and O–H groups in total. The molecule has 1 heterocycles. The normalized spacial score (nSPS) is 10.0. The summed E-state index contributed by atoms with van der Waals surface area (Å²) in [4.78, 5) is 7.91. The summed E-state index contributed by atoms with van der Waals surface area (Å²) in [6, 6.07) is 6.16. The maximum absolute atomic E-state index is 13.0. The Labute approximate surface area is 98.5 Å². The molecule has 1 aromatic heterocycles. The number of nitrogens with one attached hydrogen (secondary N) is 1. The second-order valence-corrected chi connectivity index (χ2v) is 3.40. The van der Waals surface area contributed by atoms with E-state index in [0.29, 0.717) is 12.3 Å². The molecule has 0 saturated heterocycles. The molecule has 0 amide bonds. The fourth-order valence-electron chi connectivity index (χ4n) is 1.42. The van der Waals surface area contributed by atoms with Crippen LogP contribution in [0.4, 0.5) is 10.1 Å². The number of methoxy groups -OCH3 is 1. The van der Waals surface area contributed by atoms with Gasteiger partial charge in [0.1, 0.15) is 17.9 Å². The third-order valence-electron chi connectivity index (χ3n) is 2.27. The Hall–Kier alpha value is -2.17. The lowest BCUT2D eigenvalue weighted by molar-refractivity contribution is 0.413. The Bertz CT molecular complexity index is 490. The zero-order valence-electron chi connectivity index (χ0n) is 9.35. The van der Waals surface area contributed by atoms with Crippen LogP contribution in [0, 0.1) is 5.82 Å². The molecule has 0 fully saturated rings. The van der Waals surface area contributed by atoms with Gasteiger partial charge in [-0.15, -0.1) is 0 Å². The largest absolute Gasteiger partial charge is 0.494 e. The number of ether oxygens (including phenoxy) is 1. The van der Waals surface area contributed by atoms with Crippen LogP contribution in [-0.4, -0.2) is 17.1 Å². The van der Waals surface area contributed by atoms with E-state index >= 15 is 0 Å². The predicted octanol–water partition coefficient (Wildman–Crippen LogP) is 2.24. The van der Waals surface area contributed by atoms with Gasteiger partial charge in [0.15, 0.2) is 0 Å². The minimum Gasteiger partial charge on any atom is -0.494 e. The third kappa shape index (κ3) is 2.90. The number of anilines is 1. The summed E-state index contributed by atoms with van der Waals surface area (Å²) in [5.74, 6) is 0.147. The number of nitrogens with zero attached hydrogens (tertiary/aromatic N) is 2. The van der Waals surface area contributed by atoms with E-state index in [9.17, 15) is 4.39 Å². The van der Waals surface area contributed by atoms with E-state index < -0.39 is 0 Å². The van der Waals surface area contributed by atoms with Crippen molar-refractivity contribution in [2.24, 2.45) is 0 Å². The fourth-order valence-corrected chi connectivity index (χ4v) is 1.42. The molecule has 0 radical (unpaired) electrons. The van der Waals surface area contributed by atoms with Crippen LogP contribution >= 0.6 is 0 Å². The summed E-state index contributed by atoms with van der Waals surface area (Å²) in [5.41, 5.74) is 1.58. The van der Waals surface area contributed by atoms with Gasteiger partial charge in [0.2, 0.25) is 0 Å². The molecule has 5 heteroatoms. The van der Waals surface area contributed by atoms with E-state index in [1.54, 1.807) is 12.3 Å². The molecule has 2 aromatic rings. The van der Waals surface area contributed by atoms with Gasteiger partial charge in [0.25, 0.3) is 0 Å². The Kier molecular flexibility index (Phi) is 3.49. The molecule has 88 valence electrons. The summed E-state index contributed by atoms with van der Waals surface area (Å²) in [5, 5.41) is 3.13. The van der Waals surface area contributed by atoms with Crippen LogP contribution in [0.1, 0.15) is 5.69 Å². The van der Waals surface area contributed by atoms with Gasteiger partial charge >= 0.3 is 0 Å². The molecule has 0 aliphatic carbocycles. The molecule has 17 heavy (non-hydrogen) atoms. The lowest BCUT2D eigenvalue weighted by atomic mass is 10.2. The van der Waals surface area contributed by atoms with E-state index in [-0.39, 0.29) is 5.82 Å². The minimum atomic E-state index is -0.325. The standard InChI is InChI=1S/C12H12FN3O/c1-17-12-6-9(13)2-3-11(12)15-7-10-4-5-14-8-16-10/h2-6,8,15H,7H2,1H3. The van der Waals surface area contributed by atoms with Crippen LogP contribution in [0.15, 0.2) is 36.8 Å². The highest BCUT2D eigenvalue weighted by Gasteiger charge is 2.04. The number of benzene rings is 1. The highest BCUT2D eigenvalue weighted by molar-refractivity contribution is 5.56. The van der Waals surface area contributed by atoms with Gasteiger partial charge < -0.3 is 10.1 Å². The van der Waals surface area contributed by atoms with Gasteiger partial charge in [-0.1, -0.05) is 0 Å². The first-order chi connectivity index (χ1) is 8.29. The van der Waals surface area contributed by atoms with E-state index in [0.717, 1.165) is 11.4 Å². The highest BCUT2D eigenvalue weighted by Crippen LogP contribution is 2.25. The van der Waals surface area contributed by atoms with E-state index in [1.165, 1.54) is 25.6 Å². The number of halogens is 1. The maximum atomic E-state index is 13.0. The van der Waals surface area contributed by atoms with E-state index in [2.05, 4.69) is 15.3 Å². The minimum absolute atomic E-state index is 0.325. The highest BCUT2D eigenvalue weighted by atomic mass is 19.1. The molecule has 0 bridgehead atoms.